The van der Waals surface area contributed by atoms with Gasteiger partial charge in [-0.3, -0.25) is 0 Å². The molecule has 1 atom stereocenters. The van der Waals surface area contributed by atoms with E-state index < -0.39 is 17.7 Å². The number of anilines is 1. The first-order valence-corrected chi connectivity index (χ1v) is 9.86. The van der Waals surface area contributed by atoms with Crippen molar-refractivity contribution < 1.29 is 23.8 Å². The van der Waals surface area contributed by atoms with Crippen LogP contribution in [0.5, 0.6) is 0 Å². The summed E-state index contributed by atoms with van der Waals surface area (Å²) >= 11 is 3.50. The number of esters is 2. The molecule has 2 aliphatic heterocycles. The number of cyclic esters (lactones) is 2. The summed E-state index contributed by atoms with van der Waals surface area (Å²) in [7, 11) is 0. The molecule has 9 heteroatoms. The zero-order valence-corrected chi connectivity index (χ0v) is 17.1. The summed E-state index contributed by atoms with van der Waals surface area (Å²) < 4.78 is 18.6. The molecule has 28 heavy (non-hydrogen) atoms. The number of carbonyl (C=O) groups excluding carboxylic acids is 2. The molecule has 2 fully saturated rings. The van der Waals surface area contributed by atoms with E-state index in [1.165, 1.54) is 20.0 Å². The fourth-order valence-corrected chi connectivity index (χ4v) is 3.75. The zero-order valence-electron chi connectivity index (χ0n) is 15.5. The summed E-state index contributed by atoms with van der Waals surface area (Å²) in [5, 5.41) is 8.42. The number of halogens is 1. The number of benzene rings is 1. The maximum Gasteiger partial charge on any atom is 0.350 e. The van der Waals surface area contributed by atoms with Crippen LogP contribution in [0.15, 0.2) is 34.6 Å². The predicted octanol–water partition coefficient (Wildman–Crippen LogP) is 3.63. The summed E-state index contributed by atoms with van der Waals surface area (Å²) in [6, 6.07) is 5.65. The van der Waals surface area contributed by atoms with Crippen LogP contribution in [0.1, 0.15) is 39.3 Å². The second-order valence-electron chi connectivity index (χ2n) is 7.17. The van der Waals surface area contributed by atoms with Crippen LogP contribution in [0.2, 0.25) is 0 Å². The smallest absolute Gasteiger partial charge is 0.350 e. The SMILES string of the molecule is CC1(C)OC(=O)C(=CNc2ccc3c(c2)c(Br)nn3C2CCCCO2)C(=O)O1. The second-order valence-corrected chi connectivity index (χ2v) is 7.92. The van der Waals surface area contributed by atoms with E-state index in [9.17, 15) is 9.59 Å². The molecule has 0 amide bonds. The summed E-state index contributed by atoms with van der Waals surface area (Å²) in [6.45, 7) is 3.75. The maximum atomic E-state index is 12.0. The molecule has 2 aromatic rings. The summed E-state index contributed by atoms with van der Waals surface area (Å²) in [6.07, 6.45) is 4.33. The Kier molecular flexibility index (Phi) is 4.88. The van der Waals surface area contributed by atoms with Crippen molar-refractivity contribution in [3.05, 3.63) is 34.6 Å². The van der Waals surface area contributed by atoms with Crippen molar-refractivity contribution in [1.29, 1.82) is 0 Å². The Bertz CT molecular complexity index is 953. The number of rotatable bonds is 3. The highest BCUT2D eigenvalue weighted by molar-refractivity contribution is 9.10. The van der Waals surface area contributed by atoms with E-state index in [1.807, 2.05) is 22.9 Å². The van der Waals surface area contributed by atoms with E-state index in [0.717, 1.165) is 36.8 Å². The largest absolute Gasteiger partial charge is 0.419 e. The highest BCUT2D eigenvalue weighted by Gasteiger charge is 2.38. The first kappa shape index (κ1) is 18.9. The predicted molar refractivity (Wildman–Crippen MR) is 104 cm³/mol. The minimum Gasteiger partial charge on any atom is -0.419 e. The number of hydrogen-bond acceptors (Lipinski definition) is 7. The van der Waals surface area contributed by atoms with Crippen LogP contribution in [0, 0.1) is 0 Å². The number of hydrogen-bond donors (Lipinski definition) is 1. The van der Waals surface area contributed by atoms with Crippen LogP contribution in [-0.2, 0) is 23.8 Å². The van der Waals surface area contributed by atoms with Gasteiger partial charge in [-0.15, -0.1) is 0 Å². The first-order valence-electron chi connectivity index (χ1n) is 9.07. The van der Waals surface area contributed by atoms with Gasteiger partial charge in [0.25, 0.3) is 5.79 Å². The van der Waals surface area contributed by atoms with Crippen molar-refractivity contribution in [2.24, 2.45) is 0 Å². The lowest BCUT2D eigenvalue weighted by Crippen LogP contribution is -2.42. The van der Waals surface area contributed by atoms with Crippen molar-refractivity contribution in [3.63, 3.8) is 0 Å². The number of aromatic nitrogens is 2. The van der Waals surface area contributed by atoms with Crippen molar-refractivity contribution in [2.45, 2.75) is 45.1 Å². The third-order valence-corrected chi connectivity index (χ3v) is 5.18. The van der Waals surface area contributed by atoms with Gasteiger partial charge in [-0.1, -0.05) is 0 Å². The number of carbonyl (C=O) groups is 2. The number of nitrogens with zero attached hydrogens (tertiary/aromatic N) is 2. The molecule has 1 aromatic heterocycles. The zero-order chi connectivity index (χ0) is 19.9. The van der Waals surface area contributed by atoms with Crippen molar-refractivity contribution >= 4 is 44.5 Å². The normalized spacial score (nSPS) is 22.0. The van der Waals surface area contributed by atoms with Crippen LogP contribution in [0.4, 0.5) is 5.69 Å². The topological polar surface area (TPSA) is 91.7 Å². The third-order valence-electron chi connectivity index (χ3n) is 4.59. The third kappa shape index (κ3) is 3.64. The van der Waals surface area contributed by atoms with Gasteiger partial charge in [0.05, 0.1) is 5.52 Å². The fraction of sp³-hybridized carbons (Fsp3) is 0.421. The highest BCUT2D eigenvalue weighted by atomic mass is 79.9. The molecule has 3 heterocycles. The fourth-order valence-electron chi connectivity index (χ4n) is 3.26. The van der Waals surface area contributed by atoms with Gasteiger partial charge in [-0.05, 0) is 53.4 Å². The van der Waals surface area contributed by atoms with Gasteiger partial charge in [0.15, 0.2) is 11.8 Å². The molecule has 1 aromatic carbocycles. The Morgan fingerprint density at radius 2 is 2.00 bits per heavy atom. The molecule has 1 unspecified atom stereocenters. The van der Waals surface area contributed by atoms with E-state index in [-0.39, 0.29) is 11.8 Å². The summed E-state index contributed by atoms with van der Waals surface area (Å²) in [5.41, 5.74) is 1.44. The Morgan fingerprint density at radius 1 is 1.25 bits per heavy atom. The second kappa shape index (κ2) is 7.21. The molecular formula is C19H20BrN3O5. The lowest BCUT2D eigenvalue weighted by Gasteiger charge is -2.29. The molecule has 148 valence electrons. The summed E-state index contributed by atoms with van der Waals surface area (Å²) in [4.78, 5) is 24.0. The van der Waals surface area contributed by atoms with Crippen LogP contribution in [0.3, 0.4) is 0 Å². The van der Waals surface area contributed by atoms with Crippen molar-refractivity contribution in [3.8, 4) is 0 Å². The minimum absolute atomic E-state index is 0.0707. The van der Waals surface area contributed by atoms with Gasteiger partial charge in [0.1, 0.15) is 4.60 Å². The Labute approximate surface area is 169 Å². The van der Waals surface area contributed by atoms with E-state index in [4.69, 9.17) is 14.2 Å². The molecule has 8 nitrogen and oxygen atoms in total. The average molecular weight is 450 g/mol. The van der Waals surface area contributed by atoms with Gasteiger partial charge in [-0.2, -0.15) is 5.10 Å². The van der Waals surface area contributed by atoms with E-state index in [1.54, 1.807) is 0 Å². The Hall–Kier alpha value is -2.39. The lowest BCUT2D eigenvalue weighted by molar-refractivity contribution is -0.222. The number of ether oxygens (including phenoxy) is 3. The van der Waals surface area contributed by atoms with Crippen molar-refractivity contribution in [1.82, 2.24) is 9.78 Å². The first-order chi connectivity index (χ1) is 13.3. The molecule has 0 aliphatic carbocycles. The molecule has 2 aliphatic rings. The van der Waals surface area contributed by atoms with Gasteiger partial charge in [0.2, 0.25) is 0 Å². The summed E-state index contributed by atoms with van der Waals surface area (Å²) in [5.74, 6) is -2.71. The maximum absolute atomic E-state index is 12.0. The number of fused-ring (bicyclic) bond motifs is 1. The highest BCUT2D eigenvalue weighted by Crippen LogP contribution is 2.32. The van der Waals surface area contributed by atoms with E-state index >= 15 is 0 Å². The molecule has 0 spiro atoms. The van der Waals surface area contributed by atoms with Gasteiger partial charge < -0.3 is 19.5 Å². The van der Waals surface area contributed by atoms with Gasteiger partial charge in [-0.25, -0.2) is 14.3 Å². The molecule has 1 N–H and O–H groups in total. The Morgan fingerprint density at radius 3 is 2.68 bits per heavy atom. The van der Waals surface area contributed by atoms with Crippen LogP contribution in [-0.4, -0.2) is 34.1 Å². The molecular weight excluding hydrogens is 430 g/mol. The van der Waals surface area contributed by atoms with Gasteiger partial charge >= 0.3 is 11.9 Å². The minimum atomic E-state index is -1.26. The van der Waals surface area contributed by atoms with E-state index in [0.29, 0.717) is 10.3 Å². The molecule has 0 bridgehead atoms. The molecule has 4 rings (SSSR count). The average Bonchev–Trinajstić information content (AvgIpc) is 2.97. The monoisotopic (exact) mass is 449 g/mol. The van der Waals surface area contributed by atoms with Gasteiger partial charge in [0, 0.05) is 37.7 Å². The van der Waals surface area contributed by atoms with Crippen LogP contribution < -0.4 is 5.32 Å². The van der Waals surface area contributed by atoms with E-state index in [2.05, 4.69) is 26.3 Å². The molecule has 0 radical (unpaired) electrons. The quantitative estimate of drug-likeness (QED) is 0.434. The number of nitrogens with one attached hydrogen (secondary N) is 1. The molecule has 0 saturated carbocycles. The van der Waals surface area contributed by atoms with Crippen LogP contribution >= 0.6 is 15.9 Å². The molecule has 2 saturated heterocycles. The standard InChI is InChI=1S/C19H20BrN3O5/c1-19(2)27-17(24)13(18(25)28-19)10-21-11-6-7-14-12(9-11)16(20)22-23(14)15-5-3-4-8-26-15/h6-7,9-10,15,21H,3-5,8H2,1-2H3. The Balaban J connectivity index is 1.58. The van der Waals surface area contributed by atoms with Crippen molar-refractivity contribution in [2.75, 3.05) is 11.9 Å². The van der Waals surface area contributed by atoms with Crippen LogP contribution in [0.25, 0.3) is 10.9 Å². The lowest BCUT2D eigenvalue weighted by atomic mass is 10.2.